The zero-order valence-electron chi connectivity index (χ0n) is 9.62. The van der Waals surface area contributed by atoms with E-state index in [-0.39, 0.29) is 11.6 Å². The van der Waals surface area contributed by atoms with Gasteiger partial charge in [-0.05, 0) is 24.6 Å². The highest BCUT2D eigenvalue weighted by atomic mass is 35.5. The molecule has 0 saturated carbocycles. The van der Waals surface area contributed by atoms with Crippen LogP contribution in [0.5, 0.6) is 0 Å². The first-order chi connectivity index (χ1) is 8.04. The number of hydrogen-bond donors (Lipinski definition) is 1. The van der Waals surface area contributed by atoms with E-state index in [1.165, 1.54) is 6.07 Å². The molecule has 0 radical (unpaired) electrons. The van der Waals surface area contributed by atoms with Crippen LogP contribution < -0.4 is 0 Å². The molecular formula is C12H15ClFNO2. The van der Waals surface area contributed by atoms with Crippen LogP contribution in [-0.4, -0.2) is 29.1 Å². The molecule has 0 bridgehead atoms. The largest absolute Gasteiger partial charge is 0.480 e. The molecule has 0 spiro atoms. The molecule has 5 heteroatoms. The Bertz CT molecular complexity index is 398. The summed E-state index contributed by atoms with van der Waals surface area (Å²) in [4.78, 5) is 12.4. The quantitative estimate of drug-likeness (QED) is 0.854. The summed E-state index contributed by atoms with van der Waals surface area (Å²) in [5.74, 6) is -1.37. The van der Waals surface area contributed by atoms with Gasteiger partial charge >= 0.3 is 5.97 Å². The highest BCUT2D eigenvalue weighted by Gasteiger charge is 2.12. The number of carboxylic acid groups (broad SMARTS) is 1. The Morgan fingerprint density at radius 1 is 1.53 bits per heavy atom. The minimum atomic E-state index is -0.897. The summed E-state index contributed by atoms with van der Waals surface area (Å²) in [5, 5.41) is 8.83. The Morgan fingerprint density at radius 2 is 2.24 bits per heavy atom. The molecule has 0 saturated heterocycles. The molecule has 94 valence electrons. The predicted octanol–water partition coefficient (Wildman–Crippen LogP) is 2.78. The van der Waals surface area contributed by atoms with Crippen LogP contribution in [0.2, 0.25) is 5.02 Å². The van der Waals surface area contributed by atoms with Gasteiger partial charge in [-0.2, -0.15) is 0 Å². The molecule has 0 fully saturated rings. The smallest absolute Gasteiger partial charge is 0.317 e. The number of aliphatic carboxylic acids is 1. The average molecular weight is 260 g/mol. The third kappa shape index (κ3) is 4.32. The first-order valence-electron chi connectivity index (χ1n) is 5.41. The fourth-order valence-electron chi connectivity index (χ4n) is 1.63. The lowest BCUT2D eigenvalue weighted by atomic mass is 10.2. The first-order valence-corrected chi connectivity index (χ1v) is 5.79. The molecule has 1 rings (SSSR count). The van der Waals surface area contributed by atoms with Crippen LogP contribution in [-0.2, 0) is 11.3 Å². The van der Waals surface area contributed by atoms with Gasteiger partial charge in [0.2, 0.25) is 0 Å². The predicted molar refractivity (Wildman–Crippen MR) is 64.6 cm³/mol. The second-order valence-electron chi connectivity index (χ2n) is 3.82. The maximum absolute atomic E-state index is 13.2. The molecule has 0 aliphatic heterocycles. The number of hydrogen-bond acceptors (Lipinski definition) is 2. The Kier molecular flexibility index (Phi) is 5.38. The third-order valence-electron chi connectivity index (χ3n) is 2.32. The van der Waals surface area contributed by atoms with Crippen LogP contribution in [0.15, 0.2) is 18.2 Å². The van der Waals surface area contributed by atoms with Crippen LogP contribution in [0.3, 0.4) is 0 Å². The minimum Gasteiger partial charge on any atom is -0.480 e. The molecule has 0 aliphatic rings. The maximum Gasteiger partial charge on any atom is 0.317 e. The van der Waals surface area contributed by atoms with Crippen LogP contribution in [0.1, 0.15) is 18.9 Å². The molecule has 1 N–H and O–H groups in total. The number of nitrogens with zero attached hydrogens (tertiary/aromatic N) is 1. The summed E-state index contributed by atoms with van der Waals surface area (Å²) in [5.41, 5.74) is 0.612. The van der Waals surface area contributed by atoms with Crippen molar-refractivity contribution in [2.45, 2.75) is 19.9 Å². The van der Waals surface area contributed by atoms with Gasteiger partial charge in [-0.15, -0.1) is 0 Å². The van der Waals surface area contributed by atoms with Gasteiger partial charge < -0.3 is 5.11 Å². The van der Waals surface area contributed by atoms with Gasteiger partial charge in [0.15, 0.2) is 0 Å². The Hall–Kier alpha value is -1.13. The fraction of sp³-hybridized carbons (Fsp3) is 0.417. The van der Waals surface area contributed by atoms with Gasteiger partial charge in [0.1, 0.15) is 5.82 Å². The molecule has 1 aromatic rings. The number of carboxylic acids is 1. The van der Waals surface area contributed by atoms with Gasteiger partial charge in [0.25, 0.3) is 0 Å². The second kappa shape index (κ2) is 6.57. The summed E-state index contributed by atoms with van der Waals surface area (Å²) >= 11 is 5.82. The Labute approximate surface area is 105 Å². The minimum absolute atomic E-state index is 0.0685. The number of rotatable bonds is 6. The van der Waals surface area contributed by atoms with Gasteiger partial charge in [-0.25, -0.2) is 4.39 Å². The van der Waals surface area contributed by atoms with E-state index in [0.29, 0.717) is 18.7 Å². The van der Waals surface area contributed by atoms with Crippen LogP contribution in [0.4, 0.5) is 4.39 Å². The standard InChI is InChI=1S/C12H15ClFNO2/c1-2-6-15(8-11(16)17)7-9-4-3-5-10(14)12(9)13/h3-5H,2,6-8H2,1H3,(H,16,17). The second-order valence-corrected chi connectivity index (χ2v) is 4.20. The highest BCUT2D eigenvalue weighted by molar-refractivity contribution is 6.31. The van der Waals surface area contributed by atoms with Crippen molar-refractivity contribution >= 4 is 17.6 Å². The van der Waals surface area contributed by atoms with Crippen molar-refractivity contribution in [2.75, 3.05) is 13.1 Å². The van der Waals surface area contributed by atoms with Gasteiger partial charge in [-0.3, -0.25) is 9.69 Å². The van der Waals surface area contributed by atoms with Crippen molar-refractivity contribution in [1.82, 2.24) is 4.90 Å². The first kappa shape index (κ1) is 13.9. The Morgan fingerprint density at radius 3 is 2.82 bits per heavy atom. The fourth-order valence-corrected chi connectivity index (χ4v) is 1.82. The zero-order chi connectivity index (χ0) is 12.8. The van der Waals surface area contributed by atoms with E-state index < -0.39 is 11.8 Å². The summed E-state index contributed by atoms with van der Waals surface area (Å²) in [6.45, 7) is 2.87. The zero-order valence-corrected chi connectivity index (χ0v) is 10.4. The lowest BCUT2D eigenvalue weighted by Gasteiger charge is -2.20. The van der Waals surface area contributed by atoms with Crippen molar-refractivity contribution in [2.24, 2.45) is 0 Å². The molecule has 17 heavy (non-hydrogen) atoms. The number of carbonyl (C=O) groups is 1. The molecule has 0 aliphatic carbocycles. The molecule has 0 atom stereocenters. The van der Waals surface area contributed by atoms with E-state index in [9.17, 15) is 9.18 Å². The lowest BCUT2D eigenvalue weighted by molar-refractivity contribution is -0.138. The molecule has 0 heterocycles. The van der Waals surface area contributed by atoms with Crippen molar-refractivity contribution in [3.63, 3.8) is 0 Å². The van der Waals surface area contributed by atoms with Gasteiger partial charge in [-0.1, -0.05) is 30.7 Å². The molecule has 0 amide bonds. The van der Waals surface area contributed by atoms with Crippen molar-refractivity contribution in [1.29, 1.82) is 0 Å². The van der Waals surface area contributed by atoms with Crippen LogP contribution in [0.25, 0.3) is 0 Å². The van der Waals surface area contributed by atoms with Crippen molar-refractivity contribution < 1.29 is 14.3 Å². The SMILES string of the molecule is CCCN(CC(=O)O)Cc1cccc(F)c1Cl. The van der Waals surface area contributed by atoms with Crippen LogP contribution in [0, 0.1) is 5.82 Å². The van der Waals surface area contributed by atoms with E-state index in [1.807, 2.05) is 6.92 Å². The van der Waals surface area contributed by atoms with E-state index in [2.05, 4.69) is 0 Å². The summed E-state index contributed by atoms with van der Waals surface area (Å²) in [7, 11) is 0. The van der Waals surface area contributed by atoms with E-state index in [1.54, 1.807) is 17.0 Å². The molecule has 1 aromatic carbocycles. The van der Waals surface area contributed by atoms with E-state index >= 15 is 0 Å². The number of halogens is 2. The lowest BCUT2D eigenvalue weighted by Crippen LogP contribution is -2.30. The van der Waals surface area contributed by atoms with E-state index in [0.717, 1.165) is 6.42 Å². The molecule has 3 nitrogen and oxygen atoms in total. The highest BCUT2D eigenvalue weighted by Crippen LogP contribution is 2.21. The number of benzene rings is 1. The topological polar surface area (TPSA) is 40.5 Å². The summed E-state index contributed by atoms with van der Waals surface area (Å²) < 4.78 is 13.2. The van der Waals surface area contributed by atoms with Gasteiger partial charge in [0.05, 0.1) is 11.6 Å². The normalized spacial score (nSPS) is 10.8. The maximum atomic E-state index is 13.2. The van der Waals surface area contributed by atoms with Crippen molar-refractivity contribution in [3.8, 4) is 0 Å². The Balaban J connectivity index is 2.78. The van der Waals surface area contributed by atoms with Crippen LogP contribution >= 0.6 is 11.6 Å². The average Bonchev–Trinajstić information content (AvgIpc) is 2.24. The summed E-state index contributed by atoms with van der Waals surface area (Å²) in [6.07, 6.45) is 0.834. The third-order valence-corrected chi connectivity index (χ3v) is 2.75. The molecular weight excluding hydrogens is 245 g/mol. The van der Waals surface area contributed by atoms with Crippen molar-refractivity contribution in [3.05, 3.63) is 34.6 Å². The molecule has 0 aromatic heterocycles. The van der Waals surface area contributed by atoms with E-state index in [4.69, 9.17) is 16.7 Å². The van der Waals surface area contributed by atoms with Gasteiger partial charge in [0, 0.05) is 6.54 Å². The monoisotopic (exact) mass is 259 g/mol. The summed E-state index contributed by atoms with van der Waals surface area (Å²) in [6, 6.07) is 4.56. The molecule has 0 unspecified atom stereocenters.